The minimum atomic E-state index is -4.79. The highest BCUT2D eigenvalue weighted by atomic mass is 19.4. The maximum atomic E-state index is 13.0. The summed E-state index contributed by atoms with van der Waals surface area (Å²) >= 11 is 0. The summed E-state index contributed by atoms with van der Waals surface area (Å²) in [5.74, 6) is 0.194. The summed E-state index contributed by atoms with van der Waals surface area (Å²) in [5.41, 5.74) is -3.30. The van der Waals surface area contributed by atoms with Crippen molar-refractivity contribution in [3.05, 3.63) is 23.8 Å². The van der Waals surface area contributed by atoms with Crippen LogP contribution in [0.5, 0.6) is 11.5 Å². The number of benzene rings is 1. The minimum absolute atomic E-state index is 0.0301. The SMILES string of the molecule is CCC(O)(c1cc(OC)ccc1OC)C(F)(F)F. The van der Waals surface area contributed by atoms with E-state index in [0.29, 0.717) is 0 Å². The molecular weight excluding hydrogens is 249 g/mol. The van der Waals surface area contributed by atoms with Gasteiger partial charge in [0.1, 0.15) is 11.5 Å². The molecule has 0 fully saturated rings. The van der Waals surface area contributed by atoms with Gasteiger partial charge in [-0.15, -0.1) is 0 Å². The molecule has 6 heteroatoms. The van der Waals surface area contributed by atoms with Crippen LogP contribution < -0.4 is 9.47 Å². The molecule has 0 aliphatic heterocycles. The molecule has 0 radical (unpaired) electrons. The maximum absolute atomic E-state index is 13.0. The van der Waals surface area contributed by atoms with Gasteiger partial charge in [-0.2, -0.15) is 13.2 Å². The molecule has 1 N–H and O–H groups in total. The summed E-state index contributed by atoms with van der Waals surface area (Å²) in [6.07, 6.45) is -5.30. The predicted molar refractivity (Wildman–Crippen MR) is 59.8 cm³/mol. The lowest BCUT2D eigenvalue weighted by atomic mass is 9.89. The third kappa shape index (κ3) is 2.38. The molecule has 0 spiro atoms. The van der Waals surface area contributed by atoms with Crippen molar-refractivity contribution in [2.24, 2.45) is 0 Å². The zero-order valence-corrected chi connectivity index (χ0v) is 10.3. The second kappa shape index (κ2) is 5.06. The Kier molecular flexibility index (Phi) is 4.11. The fourth-order valence-electron chi connectivity index (χ4n) is 1.68. The number of methoxy groups -OCH3 is 2. The summed E-state index contributed by atoms with van der Waals surface area (Å²) in [4.78, 5) is 0. The average Bonchev–Trinajstić information content (AvgIpc) is 2.35. The first-order valence-corrected chi connectivity index (χ1v) is 5.31. The third-order valence-electron chi connectivity index (χ3n) is 2.83. The molecule has 102 valence electrons. The summed E-state index contributed by atoms with van der Waals surface area (Å²) < 4.78 is 48.7. The van der Waals surface area contributed by atoms with Gasteiger partial charge < -0.3 is 14.6 Å². The Hall–Kier alpha value is -1.43. The van der Waals surface area contributed by atoms with Gasteiger partial charge in [-0.05, 0) is 24.6 Å². The van der Waals surface area contributed by atoms with E-state index in [4.69, 9.17) is 9.47 Å². The highest BCUT2D eigenvalue weighted by molar-refractivity contribution is 5.44. The molecule has 1 unspecified atom stereocenters. The third-order valence-corrected chi connectivity index (χ3v) is 2.83. The normalized spacial score (nSPS) is 15.1. The first-order valence-electron chi connectivity index (χ1n) is 5.31. The van der Waals surface area contributed by atoms with E-state index in [9.17, 15) is 18.3 Å². The quantitative estimate of drug-likeness (QED) is 0.908. The predicted octanol–water partition coefficient (Wildman–Crippen LogP) is 2.86. The second-order valence-electron chi connectivity index (χ2n) is 3.78. The number of ether oxygens (including phenoxy) is 2. The molecule has 1 aromatic rings. The van der Waals surface area contributed by atoms with E-state index < -0.39 is 18.2 Å². The molecule has 0 aromatic heterocycles. The van der Waals surface area contributed by atoms with E-state index in [1.54, 1.807) is 0 Å². The topological polar surface area (TPSA) is 38.7 Å². The van der Waals surface area contributed by atoms with Crippen LogP contribution in [0.3, 0.4) is 0 Å². The van der Waals surface area contributed by atoms with Crippen LogP contribution in [-0.2, 0) is 5.60 Å². The molecule has 1 aromatic carbocycles. The van der Waals surface area contributed by atoms with Crippen molar-refractivity contribution in [1.29, 1.82) is 0 Å². The zero-order valence-electron chi connectivity index (χ0n) is 10.3. The number of hydrogen-bond acceptors (Lipinski definition) is 3. The van der Waals surface area contributed by atoms with Crippen LogP contribution in [0.4, 0.5) is 13.2 Å². The number of hydrogen-bond donors (Lipinski definition) is 1. The minimum Gasteiger partial charge on any atom is -0.497 e. The van der Waals surface area contributed by atoms with Crippen LogP contribution in [0, 0.1) is 0 Å². The van der Waals surface area contributed by atoms with E-state index in [1.165, 1.54) is 33.3 Å². The summed E-state index contributed by atoms with van der Waals surface area (Å²) in [5, 5.41) is 9.90. The number of rotatable bonds is 4. The van der Waals surface area contributed by atoms with Crippen molar-refractivity contribution in [2.45, 2.75) is 25.1 Å². The molecule has 0 aliphatic rings. The van der Waals surface area contributed by atoms with Crippen LogP contribution in [0.15, 0.2) is 18.2 Å². The maximum Gasteiger partial charge on any atom is 0.421 e. The van der Waals surface area contributed by atoms with Gasteiger partial charge in [0, 0.05) is 5.56 Å². The highest BCUT2D eigenvalue weighted by Crippen LogP contribution is 2.45. The van der Waals surface area contributed by atoms with Crippen LogP contribution in [0.2, 0.25) is 0 Å². The molecule has 0 amide bonds. The average molecular weight is 264 g/mol. The first-order chi connectivity index (χ1) is 8.30. The number of alkyl halides is 3. The van der Waals surface area contributed by atoms with Crippen LogP contribution >= 0.6 is 0 Å². The van der Waals surface area contributed by atoms with Gasteiger partial charge in [0.05, 0.1) is 14.2 Å². The van der Waals surface area contributed by atoms with E-state index in [0.717, 1.165) is 6.07 Å². The Bertz CT molecular complexity index is 418. The Morgan fingerprint density at radius 3 is 2.17 bits per heavy atom. The largest absolute Gasteiger partial charge is 0.497 e. The highest BCUT2D eigenvalue weighted by Gasteiger charge is 2.55. The molecule has 0 aliphatic carbocycles. The van der Waals surface area contributed by atoms with Gasteiger partial charge in [0.2, 0.25) is 0 Å². The summed E-state index contributed by atoms with van der Waals surface area (Å²) in [6, 6.07) is 3.94. The number of halogens is 3. The van der Waals surface area contributed by atoms with Crippen molar-refractivity contribution in [3.8, 4) is 11.5 Å². The first kappa shape index (κ1) is 14.6. The van der Waals surface area contributed by atoms with E-state index in [-0.39, 0.29) is 17.1 Å². The van der Waals surface area contributed by atoms with Gasteiger partial charge in [-0.1, -0.05) is 6.92 Å². The fourth-order valence-corrected chi connectivity index (χ4v) is 1.68. The van der Waals surface area contributed by atoms with E-state index in [2.05, 4.69) is 0 Å². The lowest BCUT2D eigenvalue weighted by Crippen LogP contribution is -2.42. The van der Waals surface area contributed by atoms with Crippen molar-refractivity contribution >= 4 is 0 Å². The second-order valence-corrected chi connectivity index (χ2v) is 3.78. The van der Waals surface area contributed by atoms with Crippen molar-refractivity contribution in [3.63, 3.8) is 0 Å². The Morgan fingerprint density at radius 1 is 1.17 bits per heavy atom. The molecule has 3 nitrogen and oxygen atoms in total. The smallest absolute Gasteiger partial charge is 0.421 e. The molecule has 1 rings (SSSR count). The molecule has 0 bridgehead atoms. The lowest BCUT2D eigenvalue weighted by Gasteiger charge is -2.31. The van der Waals surface area contributed by atoms with Crippen LogP contribution in [0.25, 0.3) is 0 Å². The summed E-state index contributed by atoms with van der Waals surface area (Å²) in [6.45, 7) is 1.26. The fraction of sp³-hybridized carbons (Fsp3) is 0.500. The van der Waals surface area contributed by atoms with Gasteiger partial charge in [-0.3, -0.25) is 0 Å². The van der Waals surface area contributed by atoms with Gasteiger partial charge in [0.15, 0.2) is 5.60 Å². The van der Waals surface area contributed by atoms with Crippen molar-refractivity contribution in [2.75, 3.05) is 14.2 Å². The molecule has 0 saturated carbocycles. The molecular formula is C12H15F3O3. The van der Waals surface area contributed by atoms with Crippen molar-refractivity contribution < 1.29 is 27.8 Å². The van der Waals surface area contributed by atoms with Crippen LogP contribution in [-0.4, -0.2) is 25.5 Å². The van der Waals surface area contributed by atoms with Crippen LogP contribution in [0.1, 0.15) is 18.9 Å². The molecule has 18 heavy (non-hydrogen) atoms. The lowest BCUT2D eigenvalue weighted by molar-refractivity contribution is -0.268. The van der Waals surface area contributed by atoms with Gasteiger partial charge >= 0.3 is 6.18 Å². The van der Waals surface area contributed by atoms with Gasteiger partial charge in [-0.25, -0.2) is 0 Å². The Labute approximate surface area is 103 Å². The summed E-state index contributed by atoms with van der Waals surface area (Å²) in [7, 11) is 2.59. The van der Waals surface area contributed by atoms with Gasteiger partial charge in [0.25, 0.3) is 0 Å². The Balaban J connectivity index is 3.44. The van der Waals surface area contributed by atoms with E-state index >= 15 is 0 Å². The standard InChI is InChI=1S/C12H15F3O3/c1-4-11(16,12(13,14)15)9-7-8(17-2)5-6-10(9)18-3/h5-7,16H,4H2,1-3H3. The molecule has 1 atom stereocenters. The number of aliphatic hydroxyl groups is 1. The molecule has 0 saturated heterocycles. The monoisotopic (exact) mass is 264 g/mol. The molecule has 0 heterocycles. The Morgan fingerprint density at radius 2 is 1.78 bits per heavy atom. The van der Waals surface area contributed by atoms with E-state index in [1.807, 2.05) is 0 Å². The van der Waals surface area contributed by atoms with Crippen molar-refractivity contribution in [1.82, 2.24) is 0 Å². The zero-order chi connectivity index (χ0) is 14.0.